The number of alkyl halides is 3. The molecule has 0 atom stereocenters. The molecule has 2 N–H and O–H groups in total. The van der Waals surface area contributed by atoms with E-state index in [4.69, 9.17) is 5.73 Å². The van der Waals surface area contributed by atoms with Gasteiger partial charge in [-0.05, 0) is 18.6 Å². The zero-order chi connectivity index (χ0) is 12.3. The lowest BCUT2D eigenvalue weighted by Crippen LogP contribution is -2.31. The van der Waals surface area contributed by atoms with Gasteiger partial charge < -0.3 is 10.6 Å². The summed E-state index contributed by atoms with van der Waals surface area (Å²) < 4.78 is 36.7. The number of halogens is 3. The molecule has 0 aliphatic rings. The first-order valence-electron chi connectivity index (χ1n) is 4.91. The van der Waals surface area contributed by atoms with Crippen molar-refractivity contribution in [2.45, 2.75) is 19.6 Å². The second kappa shape index (κ2) is 4.74. The summed E-state index contributed by atoms with van der Waals surface area (Å²) in [7, 11) is 1.41. The van der Waals surface area contributed by atoms with E-state index < -0.39 is 12.7 Å². The third-order valence-corrected chi connectivity index (χ3v) is 2.28. The highest BCUT2D eigenvalue weighted by Crippen LogP contribution is 2.24. The van der Waals surface area contributed by atoms with Gasteiger partial charge in [0.15, 0.2) is 0 Å². The Labute approximate surface area is 92.9 Å². The number of anilines is 1. The molecule has 0 radical (unpaired) electrons. The van der Waals surface area contributed by atoms with Gasteiger partial charge in [0, 0.05) is 19.3 Å². The van der Waals surface area contributed by atoms with Crippen molar-refractivity contribution in [3.63, 3.8) is 0 Å². The van der Waals surface area contributed by atoms with Gasteiger partial charge >= 0.3 is 6.18 Å². The minimum absolute atomic E-state index is 0.235. The molecule has 1 rings (SSSR count). The van der Waals surface area contributed by atoms with Gasteiger partial charge in [0.1, 0.15) is 6.54 Å². The highest BCUT2D eigenvalue weighted by molar-refractivity contribution is 5.54. The van der Waals surface area contributed by atoms with E-state index in [-0.39, 0.29) is 6.54 Å². The van der Waals surface area contributed by atoms with Gasteiger partial charge in [-0.15, -0.1) is 0 Å². The minimum atomic E-state index is -4.20. The van der Waals surface area contributed by atoms with Crippen molar-refractivity contribution in [1.29, 1.82) is 0 Å². The number of rotatable bonds is 3. The molecule has 1 aromatic rings. The normalized spacial score (nSPS) is 11.6. The van der Waals surface area contributed by atoms with E-state index in [0.717, 1.165) is 11.1 Å². The Bertz CT molecular complexity index is 361. The molecule has 0 amide bonds. The molecule has 0 heterocycles. The van der Waals surface area contributed by atoms with Crippen LogP contribution in [0.2, 0.25) is 0 Å². The van der Waals surface area contributed by atoms with Gasteiger partial charge in [-0.1, -0.05) is 17.7 Å². The van der Waals surface area contributed by atoms with E-state index in [1.165, 1.54) is 11.9 Å². The van der Waals surface area contributed by atoms with E-state index >= 15 is 0 Å². The molecule has 0 bridgehead atoms. The van der Waals surface area contributed by atoms with E-state index in [0.29, 0.717) is 5.69 Å². The number of hydrogen-bond donors (Lipinski definition) is 1. The first kappa shape index (κ1) is 12.8. The summed E-state index contributed by atoms with van der Waals surface area (Å²) in [5.41, 5.74) is 7.76. The molecule has 2 nitrogen and oxygen atoms in total. The van der Waals surface area contributed by atoms with Gasteiger partial charge in [-0.3, -0.25) is 0 Å². The summed E-state index contributed by atoms with van der Waals surface area (Å²) in [6.45, 7) is 1.15. The lowest BCUT2D eigenvalue weighted by Gasteiger charge is -2.23. The largest absolute Gasteiger partial charge is 0.405 e. The van der Waals surface area contributed by atoms with Crippen molar-refractivity contribution < 1.29 is 13.2 Å². The average molecular weight is 232 g/mol. The smallest absolute Gasteiger partial charge is 0.365 e. The van der Waals surface area contributed by atoms with E-state index in [1.54, 1.807) is 12.1 Å². The summed E-state index contributed by atoms with van der Waals surface area (Å²) in [5.74, 6) is 0. The van der Waals surface area contributed by atoms with Gasteiger partial charge in [-0.25, -0.2) is 0 Å². The summed E-state index contributed by atoms with van der Waals surface area (Å²) in [6, 6.07) is 5.26. The van der Waals surface area contributed by atoms with Crippen LogP contribution >= 0.6 is 0 Å². The van der Waals surface area contributed by atoms with Crippen molar-refractivity contribution in [3.8, 4) is 0 Å². The van der Waals surface area contributed by atoms with Crippen LogP contribution in [0, 0.1) is 6.92 Å². The topological polar surface area (TPSA) is 29.3 Å². The fraction of sp³-hybridized carbons (Fsp3) is 0.455. The Kier molecular flexibility index (Phi) is 3.80. The quantitative estimate of drug-likeness (QED) is 0.867. The number of aryl methyl sites for hydroxylation is 1. The fourth-order valence-corrected chi connectivity index (χ4v) is 1.60. The Morgan fingerprint density at radius 3 is 2.44 bits per heavy atom. The van der Waals surface area contributed by atoms with Crippen LogP contribution in [0.3, 0.4) is 0 Å². The zero-order valence-electron chi connectivity index (χ0n) is 9.30. The van der Waals surface area contributed by atoms with Crippen molar-refractivity contribution >= 4 is 5.69 Å². The fourth-order valence-electron chi connectivity index (χ4n) is 1.60. The summed E-state index contributed by atoms with van der Waals surface area (Å²) in [6.07, 6.45) is -4.20. The number of benzene rings is 1. The van der Waals surface area contributed by atoms with Gasteiger partial charge in [-0.2, -0.15) is 13.2 Å². The van der Waals surface area contributed by atoms with Gasteiger partial charge in [0.05, 0.1) is 0 Å². The molecule has 0 unspecified atom stereocenters. The maximum absolute atomic E-state index is 12.2. The third-order valence-electron chi connectivity index (χ3n) is 2.28. The van der Waals surface area contributed by atoms with E-state index in [1.807, 2.05) is 13.0 Å². The monoisotopic (exact) mass is 232 g/mol. The number of nitrogens with zero attached hydrogens (tertiary/aromatic N) is 1. The third kappa shape index (κ3) is 3.41. The highest BCUT2D eigenvalue weighted by Gasteiger charge is 2.29. The molecule has 16 heavy (non-hydrogen) atoms. The summed E-state index contributed by atoms with van der Waals surface area (Å²) in [4.78, 5) is 1.17. The van der Waals surface area contributed by atoms with Gasteiger partial charge in [0.2, 0.25) is 0 Å². The minimum Gasteiger partial charge on any atom is -0.365 e. The molecule has 5 heteroatoms. The van der Waals surface area contributed by atoms with Crippen LogP contribution in [0.1, 0.15) is 11.1 Å². The van der Waals surface area contributed by atoms with Crippen molar-refractivity contribution in [3.05, 3.63) is 29.3 Å². The van der Waals surface area contributed by atoms with E-state index in [9.17, 15) is 13.2 Å². The van der Waals surface area contributed by atoms with Crippen molar-refractivity contribution in [2.75, 3.05) is 18.5 Å². The van der Waals surface area contributed by atoms with Crippen LogP contribution in [0.15, 0.2) is 18.2 Å². The molecule has 0 saturated heterocycles. The van der Waals surface area contributed by atoms with Crippen LogP contribution in [0.4, 0.5) is 18.9 Å². The maximum atomic E-state index is 12.2. The van der Waals surface area contributed by atoms with Crippen LogP contribution < -0.4 is 10.6 Å². The van der Waals surface area contributed by atoms with Crippen LogP contribution in [-0.4, -0.2) is 19.8 Å². The molecule has 0 aliphatic carbocycles. The first-order valence-corrected chi connectivity index (χ1v) is 4.91. The second-order valence-corrected chi connectivity index (χ2v) is 3.81. The Hall–Kier alpha value is -1.23. The van der Waals surface area contributed by atoms with Crippen LogP contribution in [0.25, 0.3) is 0 Å². The molecule has 0 fully saturated rings. The van der Waals surface area contributed by atoms with E-state index in [2.05, 4.69) is 0 Å². The molecule has 90 valence electrons. The number of nitrogens with two attached hydrogens (primary N) is 1. The average Bonchev–Trinajstić information content (AvgIpc) is 2.14. The molecular formula is C11H15F3N2. The Morgan fingerprint density at radius 1 is 1.31 bits per heavy atom. The number of hydrogen-bond acceptors (Lipinski definition) is 2. The molecule has 0 aliphatic heterocycles. The maximum Gasteiger partial charge on any atom is 0.405 e. The van der Waals surface area contributed by atoms with Crippen molar-refractivity contribution in [2.24, 2.45) is 5.73 Å². The first-order chi connectivity index (χ1) is 7.33. The standard InChI is InChI=1S/C11H15F3N2/c1-8-3-4-10(9(5-8)6-15)16(2)7-11(12,13)14/h3-5H,6-7,15H2,1-2H3. The molecule has 0 aromatic heterocycles. The Balaban J connectivity index is 2.94. The zero-order valence-corrected chi connectivity index (χ0v) is 9.30. The van der Waals surface area contributed by atoms with Crippen LogP contribution in [0.5, 0.6) is 0 Å². The molecule has 1 aromatic carbocycles. The summed E-state index contributed by atoms with van der Waals surface area (Å²) >= 11 is 0. The molecule has 0 spiro atoms. The SMILES string of the molecule is Cc1ccc(N(C)CC(F)(F)F)c(CN)c1. The molecular weight excluding hydrogens is 217 g/mol. The molecule has 0 saturated carbocycles. The Morgan fingerprint density at radius 2 is 1.94 bits per heavy atom. The lowest BCUT2D eigenvalue weighted by atomic mass is 10.1. The lowest BCUT2D eigenvalue weighted by molar-refractivity contribution is -0.119. The van der Waals surface area contributed by atoms with Crippen molar-refractivity contribution in [1.82, 2.24) is 0 Å². The van der Waals surface area contributed by atoms with Gasteiger partial charge in [0.25, 0.3) is 0 Å². The second-order valence-electron chi connectivity index (χ2n) is 3.81. The van der Waals surface area contributed by atoms with Crippen LogP contribution in [-0.2, 0) is 6.54 Å². The predicted octanol–water partition coefficient (Wildman–Crippen LogP) is 2.45. The summed E-state index contributed by atoms with van der Waals surface area (Å²) in [5, 5.41) is 0. The highest BCUT2D eigenvalue weighted by atomic mass is 19.4. The predicted molar refractivity (Wildman–Crippen MR) is 58.4 cm³/mol.